The molecule has 1 rings (SSSR count). The number of carboxylic acids is 1. The predicted octanol–water partition coefficient (Wildman–Crippen LogP) is 0.778. The Hall–Kier alpha value is -0.650. The predicted molar refractivity (Wildman–Crippen MR) is 75.1 cm³/mol. The molecular formula is C14H28N2O3. The van der Waals surface area contributed by atoms with Crippen LogP contribution in [0, 0.1) is 11.8 Å². The van der Waals surface area contributed by atoms with Gasteiger partial charge in [0.05, 0.1) is 12.5 Å². The number of piperidine rings is 1. The summed E-state index contributed by atoms with van der Waals surface area (Å²) in [6.45, 7) is 9.37. The highest BCUT2D eigenvalue weighted by atomic mass is 16.4. The van der Waals surface area contributed by atoms with Crippen molar-refractivity contribution in [3.05, 3.63) is 0 Å². The molecule has 1 heterocycles. The minimum Gasteiger partial charge on any atom is -0.481 e. The number of hydrogen-bond donors (Lipinski definition) is 3. The van der Waals surface area contributed by atoms with Crippen molar-refractivity contribution >= 4 is 5.97 Å². The van der Waals surface area contributed by atoms with Gasteiger partial charge in [-0.3, -0.25) is 4.79 Å². The van der Waals surface area contributed by atoms with E-state index in [1.54, 1.807) is 0 Å². The normalized spacial score (nSPS) is 26.6. The molecule has 0 aliphatic carbocycles. The van der Waals surface area contributed by atoms with Crippen LogP contribution in [0.15, 0.2) is 0 Å². The maximum atomic E-state index is 10.7. The average molecular weight is 272 g/mol. The van der Waals surface area contributed by atoms with Crippen molar-refractivity contribution in [2.75, 3.05) is 26.2 Å². The number of rotatable bonds is 7. The van der Waals surface area contributed by atoms with Gasteiger partial charge in [-0.2, -0.15) is 0 Å². The molecule has 3 unspecified atom stereocenters. The van der Waals surface area contributed by atoms with E-state index in [4.69, 9.17) is 5.11 Å². The Labute approximate surface area is 116 Å². The number of nitrogens with one attached hydrogen (secondary N) is 1. The number of aliphatic carboxylic acids is 1. The minimum atomic E-state index is -0.758. The number of nitrogens with zero attached hydrogens (tertiary/aromatic N) is 1. The third-order valence-electron chi connectivity index (χ3n) is 3.70. The van der Waals surface area contributed by atoms with Crippen molar-refractivity contribution in [1.82, 2.24) is 10.2 Å². The maximum absolute atomic E-state index is 10.7. The molecule has 5 heteroatoms. The van der Waals surface area contributed by atoms with Gasteiger partial charge >= 0.3 is 5.97 Å². The summed E-state index contributed by atoms with van der Waals surface area (Å²) in [5.74, 6) is 0.0671. The Balaban J connectivity index is 2.49. The number of aliphatic hydroxyl groups is 1. The van der Waals surface area contributed by atoms with Crippen molar-refractivity contribution in [2.45, 2.75) is 45.8 Å². The van der Waals surface area contributed by atoms with Crippen LogP contribution in [0.1, 0.15) is 33.6 Å². The van der Waals surface area contributed by atoms with E-state index in [0.717, 1.165) is 26.1 Å². The van der Waals surface area contributed by atoms with Gasteiger partial charge in [0.15, 0.2) is 0 Å². The zero-order valence-electron chi connectivity index (χ0n) is 12.3. The van der Waals surface area contributed by atoms with Crippen molar-refractivity contribution in [3.63, 3.8) is 0 Å². The van der Waals surface area contributed by atoms with E-state index in [0.29, 0.717) is 18.5 Å². The van der Waals surface area contributed by atoms with E-state index in [1.807, 2.05) is 6.92 Å². The van der Waals surface area contributed by atoms with Crippen LogP contribution < -0.4 is 5.32 Å². The first-order chi connectivity index (χ1) is 8.88. The molecule has 0 bridgehead atoms. The topological polar surface area (TPSA) is 72.8 Å². The molecule has 0 spiro atoms. The highest BCUT2D eigenvalue weighted by molar-refractivity contribution is 5.66. The van der Waals surface area contributed by atoms with Crippen LogP contribution in [-0.2, 0) is 4.79 Å². The van der Waals surface area contributed by atoms with Gasteiger partial charge in [0.1, 0.15) is 0 Å². The van der Waals surface area contributed by atoms with E-state index in [2.05, 4.69) is 24.1 Å². The second kappa shape index (κ2) is 7.82. The average Bonchev–Trinajstić information content (AvgIpc) is 2.33. The van der Waals surface area contributed by atoms with E-state index >= 15 is 0 Å². The van der Waals surface area contributed by atoms with Gasteiger partial charge in [-0.25, -0.2) is 0 Å². The van der Waals surface area contributed by atoms with Crippen molar-refractivity contribution in [2.24, 2.45) is 11.8 Å². The van der Waals surface area contributed by atoms with E-state index in [9.17, 15) is 9.90 Å². The largest absolute Gasteiger partial charge is 0.481 e. The molecule has 1 aliphatic rings. The quantitative estimate of drug-likeness (QED) is 0.639. The van der Waals surface area contributed by atoms with Gasteiger partial charge in [-0.15, -0.1) is 0 Å². The van der Waals surface area contributed by atoms with Gasteiger partial charge in [0.25, 0.3) is 0 Å². The first-order valence-corrected chi connectivity index (χ1v) is 7.24. The fraction of sp³-hybridized carbons (Fsp3) is 0.929. The van der Waals surface area contributed by atoms with E-state index < -0.39 is 5.97 Å². The van der Waals surface area contributed by atoms with Crippen LogP contribution in [0.25, 0.3) is 0 Å². The first-order valence-electron chi connectivity index (χ1n) is 7.24. The van der Waals surface area contributed by atoms with Crippen LogP contribution in [0.4, 0.5) is 0 Å². The molecule has 3 N–H and O–H groups in total. The van der Waals surface area contributed by atoms with Gasteiger partial charge in [-0.1, -0.05) is 13.8 Å². The lowest BCUT2D eigenvalue weighted by Gasteiger charge is -2.39. The molecule has 0 aromatic carbocycles. The molecule has 0 amide bonds. The molecule has 0 saturated carbocycles. The highest BCUT2D eigenvalue weighted by Gasteiger charge is 2.29. The molecule has 0 aromatic heterocycles. The lowest BCUT2D eigenvalue weighted by atomic mass is 9.90. The Morgan fingerprint density at radius 1 is 1.37 bits per heavy atom. The summed E-state index contributed by atoms with van der Waals surface area (Å²) in [6, 6.07) is 0.351. The zero-order chi connectivity index (χ0) is 14.4. The number of aliphatic hydroxyl groups excluding tert-OH is 1. The summed E-state index contributed by atoms with van der Waals surface area (Å²) in [5.41, 5.74) is 0. The van der Waals surface area contributed by atoms with Crippen LogP contribution in [0.5, 0.6) is 0 Å². The van der Waals surface area contributed by atoms with Gasteiger partial charge in [-0.05, 0) is 31.7 Å². The van der Waals surface area contributed by atoms with Crippen molar-refractivity contribution in [3.8, 4) is 0 Å². The smallest absolute Gasteiger partial charge is 0.304 e. The SMILES string of the molecule is CC(C)CNC1CC(C(C)O)CN(CCC(=O)O)C1. The van der Waals surface area contributed by atoms with Crippen LogP contribution >= 0.6 is 0 Å². The molecule has 1 fully saturated rings. The third kappa shape index (κ3) is 6.36. The van der Waals surface area contributed by atoms with Gasteiger partial charge in [0.2, 0.25) is 0 Å². The van der Waals surface area contributed by atoms with Crippen molar-refractivity contribution in [1.29, 1.82) is 0 Å². The molecule has 1 aliphatic heterocycles. The zero-order valence-corrected chi connectivity index (χ0v) is 12.3. The maximum Gasteiger partial charge on any atom is 0.304 e. The second-order valence-corrected chi connectivity index (χ2v) is 6.14. The summed E-state index contributed by atoms with van der Waals surface area (Å²) in [5, 5.41) is 22.1. The molecule has 19 heavy (non-hydrogen) atoms. The Morgan fingerprint density at radius 3 is 2.58 bits per heavy atom. The molecule has 3 atom stereocenters. The van der Waals surface area contributed by atoms with Gasteiger partial charge in [0, 0.05) is 25.7 Å². The van der Waals surface area contributed by atoms with Crippen molar-refractivity contribution < 1.29 is 15.0 Å². The molecule has 112 valence electrons. The number of carboxylic acid groups (broad SMARTS) is 1. The molecule has 0 aromatic rings. The number of likely N-dealkylation sites (tertiary alicyclic amines) is 1. The molecule has 0 radical (unpaired) electrons. The van der Waals surface area contributed by atoms with Crippen LogP contribution in [-0.4, -0.2) is 59.4 Å². The summed E-state index contributed by atoms with van der Waals surface area (Å²) >= 11 is 0. The fourth-order valence-electron chi connectivity index (χ4n) is 2.57. The van der Waals surface area contributed by atoms with Crippen LogP contribution in [0.2, 0.25) is 0 Å². The summed E-state index contributed by atoms with van der Waals surface area (Å²) in [7, 11) is 0. The second-order valence-electron chi connectivity index (χ2n) is 6.14. The lowest BCUT2D eigenvalue weighted by Crippen LogP contribution is -2.52. The highest BCUT2D eigenvalue weighted by Crippen LogP contribution is 2.20. The third-order valence-corrected chi connectivity index (χ3v) is 3.70. The Bertz CT molecular complexity index is 282. The first kappa shape index (κ1) is 16.4. The molecule has 5 nitrogen and oxygen atoms in total. The number of carbonyl (C=O) groups is 1. The lowest BCUT2D eigenvalue weighted by molar-refractivity contribution is -0.137. The van der Waals surface area contributed by atoms with Gasteiger partial charge < -0.3 is 20.4 Å². The Morgan fingerprint density at radius 2 is 2.05 bits per heavy atom. The minimum absolute atomic E-state index is 0.170. The fourth-order valence-corrected chi connectivity index (χ4v) is 2.57. The van der Waals surface area contributed by atoms with E-state index in [1.165, 1.54) is 0 Å². The summed E-state index contributed by atoms with van der Waals surface area (Å²) < 4.78 is 0. The van der Waals surface area contributed by atoms with Crippen LogP contribution in [0.3, 0.4) is 0 Å². The summed E-state index contributed by atoms with van der Waals surface area (Å²) in [6.07, 6.45) is 0.799. The van der Waals surface area contributed by atoms with E-state index in [-0.39, 0.29) is 18.4 Å². The Kier molecular flexibility index (Phi) is 6.75. The standard InChI is InChI=1S/C14H28N2O3/c1-10(2)7-15-13-6-12(11(3)17)8-16(9-13)5-4-14(18)19/h10-13,15,17H,4-9H2,1-3H3,(H,18,19). The molecule has 1 saturated heterocycles. The number of hydrogen-bond acceptors (Lipinski definition) is 4. The summed E-state index contributed by atoms with van der Waals surface area (Å²) in [4.78, 5) is 12.8. The molecular weight excluding hydrogens is 244 g/mol. The monoisotopic (exact) mass is 272 g/mol.